The van der Waals surface area contributed by atoms with Crippen LogP contribution in [0.25, 0.3) is 16.6 Å². The molecular formula is C36H38N6O6. The quantitative estimate of drug-likeness (QED) is 0.195. The van der Waals surface area contributed by atoms with Gasteiger partial charge in [0.15, 0.2) is 11.5 Å². The molecule has 12 nitrogen and oxygen atoms in total. The molecule has 248 valence electrons. The molecule has 2 aliphatic rings. The van der Waals surface area contributed by atoms with E-state index >= 15 is 0 Å². The molecule has 2 N–H and O–H groups in total. The molecule has 48 heavy (non-hydrogen) atoms. The Balaban J connectivity index is 1.01. The fourth-order valence-corrected chi connectivity index (χ4v) is 6.49. The number of hydrogen-bond donors (Lipinski definition) is 2. The number of nitrogens with one attached hydrogen (secondary N) is 1. The predicted molar refractivity (Wildman–Crippen MR) is 181 cm³/mol. The summed E-state index contributed by atoms with van der Waals surface area (Å²) < 4.78 is 21.0. The molecule has 1 atom stereocenters. The molecule has 5 aromatic rings. The molecule has 12 heteroatoms. The molecule has 1 aliphatic carbocycles. The number of methoxy groups -OCH3 is 1. The van der Waals surface area contributed by atoms with Gasteiger partial charge in [-0.05, 0) is 62.6 Å². The Bertz CT molecular complexity index is 2020. The van der Waals surface area contributed by atoms with Crippen LogP contribution in [0.4, 0.5) is 5.82 Å². The van der Waals surface area contributed by atoms with E-state index in [-0.39, 0.29) is 22.9 Å². The van der Waals surface area contributed by atoms with Gasteiger partial charge in [-0.25, -0.2) is 9.67 Å². The second-order valence-corrected chi connectivity index (χ2v) is 12.5. The van der Waals surface area contributed by atoms with E-state index in [1.807, 2.05) is 42.5 Å². The van der Waals surface area contributed by atoms with Gasteiger partial charge in [0, 0.05) is 49.7 Å². The second kappa shape index (κ2) is 12.8. The molecule has 3 aromatic heterocycles. The number of aliphatic hydroxyl groups is 1. The number of fused-ring (bicyclic) bond motifs is 1. The van der Waals surface area contributed by atoms with Crippen molar-refractivity contribution >= 4 is 22.6 Å². The number of aromatic nitrogens is 4. The van der Waals surface area contributed by atoms with Crippen LogP contribution in [0.2, 0.25) is 0 Å². The number of likely N-dealkylation sites (tertiary alicyclic amines) is 1. The highest BCUT2D eigenvalue weighted by Crippen LogP contribution is 2.52. The lowest BCUT2D eigenvalue weighted by molar-refractivity contribution is 0.102. The molecule has 1 saturated carbocycles. The molecule has 2 fully saturated rings. The van der Waals surface area contributed by atoms with Gasteiger partial charge in [-0.2, -0.15) is 0 Å². The van der Waals surface area contributed by atoms with Gasteiger partial charge >= 0.3 is 0 Å². The number of β-amino-alcohol motifs (C(OH)–C–C–N with tert-alkyl or cyclic N) is 1. The molecule has 1 spiro atoms. The van der Waals surface area contributed by atoms with E-state index in [9.17, 15) is 14.7 Å². The molecule has 1 saturated heterocycles. The Morgan fingerprint density at radius 1 is 1.06 bits per heavy atom. The van der Waals surface area contributed by atoms with Crippen LogP contribution in [-0.2, 0) is 7.05 Å². The minimum Gasteiger partial charge on any atom is -0.493 e. The lowest BCUT2D eigenvalue weighted by Gasteiger charge is -2.17. The van der Waals surface area contributed by atoms with Gasteiger partial charge < -0.3 is 24.6 Å². The van der Waals surface area contributed by atoms with Crippen LogP contribution in [0, 0.1) is 12.3 Å². The SMILES string of the molecule is COc1cc2c(Oc3ccc(NC(=O)c4c(C)n(C)n(-c5ccccc5)c4=O)nc3)ccnc2cc1OCCCN1CC(O)C2(CC2)C1. The van der Waals surface area contributed by atoms with Crippen LogP contribution in [0.1, 0.15) is 35.3 Å². The van der Waals surface area contributed by atoms with E-state index in [2.05, 4.69) is 20.2 Å². The maximum atomic E-state index is 13.2. The third-order valence-electron chi connectivity index (χ3n) is 9.42. The topological polar surface area (TPSA) is 133 Å². The van der Waals surface area contributed by atoms with Crippen molar-refractivity contribution in [3.8, 4) is 28.7 Å². The fourth-order valence-electron chi connectivity index (χ4n) is 6.49. The first kappa shape index (κ1) is 31.4. The van der Waals surface area contributed by atoms with Crippen LogP contribution < -0.4 is 25.1 Å². The maximum absolute atomic E-state index is 13.2. The van der Waals surface area contributed by atoms with Crippen molar-refractivity contribution in [1.82, 2.24) is 24.2 Å². The maximum Gasteiger partial charge on any atom is 0.284 e. The summed E-state index contributed by atoms with van der Waals surface area (Å²) in [6, 6.07) is 17.9. The Hall–Kier alpha value is -5.20. The van der Waals surface area contributed by atoms with Crippen LogP contribution in [0.5, 0.6) is 23.0 Å². The van der Waals surface area contributed by atoms with Gasteiger partial charge in [-0.3, -0.25) is 24.2 Å². The zero-order chi connectivity index (χ0) is 33.4. The van der Waals surface area contributed by atoms with Crippen molar-refractivity contribution in [2.24, 2.45) is 12.5 Å². The molecule has 1 unspecified atom stereocenters. The monoisotopic (exact) mass is 650 g/mol. The smallest absolute Gasteiger partial charge is 0.284 e. The highest BCUT2D eigenvalue weighted by Gasteiger charge is 2.54. The molecule has 0 bridgehead atoms. The number of rotatable bonds is 11. The zero-order valence-electron chi connectivity index (χ0n) is 27.2. The number of para-hydroxylation sites is 1. The van der Waals surface area contributed by atoms with Crippen molar-refractivity contribution in [3.05, 3.63) is 94.7 Å². The van der Waals surface area contributed by atoms with Crippen molar-refractivity contribution in [1.29, 1.82) is 0 Å². The number of carbonyl (C=O) groups excluding carboxylic acids is 1. The largest absolute Gasteiger partial charge is 0.493 e. The van der Waals surface area contributed by atoms with Crippen LogP contribution in [-0.4, -0.2) is 74.7 Å². The predicted octanol–water partition coefficient (Wildman–Crippen LogP) is 4.71. The summed E-state index contributed by atoms with van der Waals surface area (Å²) in [4.78, 5) is 37.6. The average molecular weight is 651 g/mol. The number of carbonyl (C=O) groups is 1. The standard InChI is InChI=1S/C36H38N6O6/c1-23-33(35(45)42(40(23)2)24-8-5-4-6-9-24)34(44)39-32-11-10-25(20-38-32)48-28-12-15-37-27-19-30(29(46-3)18-26(27)28)47-17-7-16-41-21-31(43)36(22-41)13-14-36/h4-6,8-12,15,18-20,31,43H,7,13-14,16-17,21-22H2,1-3H3,(H,38,39,44). The van der Waals surface area contributed by atoms with E-state index in [1.54, 1.807) is 50.2 Å². The van der Waals surface area contributed by atoms with E-state index in [4.69, 9.17) is 14.2 Å². The third-order valence-corrected chi connectivity index (χ3v) is 9.42. The van der Waals surface area contributed by atoms with Gasteiger partial charge in [0.25, 0.3) is 11.5 Å². The lowest BCUT2D eigenvalue weighted by atomic mass is 10.0. The highest BCUT2D eigenvalue weighted by atomic mass is 16.5. The summed E-state index contributed by atoms with van der Waals surface area (Å²) in [5, 5.41) is 13.8. The Labute approximate surface area is 277 Å². The molecular weight excluding hydrogens is 612 g/mol. The van der Waals surface area contributed by atoms with Crippen molar-refractivity contribution < 1.29 is 24.1 Å². The van der Waals surface area contributed by atoms with E-state index < -0.39 is 11.5 Å². The Morgan fingerprint density at radius 3 is 2.58 bits per heavy atom. The van der Waals surface area contributed by atoms with Gasteiger partial charge in [0.2, 0.25) is 0 Å². The summed E-state index contributed by atoms with van der Waals surface area (Å²) in [7, 11) is 3.33. The van der Waals surface area contributed by atoms with E-state index in [0.717, 1.165) is 44.3 Å². The summed E-state index contributed by atoms with van der Waals surface area (Å²) in [5.41, 5.74) is 1.66. The normalized spacial score (nSPS) is 16.7. The molecule has 4 heterocycles. The number of aliphatic hydroxyl groups excluding tert-OH is 1. The minimum absolute atomic E-state index is 0.0435. The van der Waals surface area contributed by atoms with Crippen LogP contribution in [0.15, 0.2) is 77.9 Å². The second-order valence-electron chi connectivity index (χ2n) is 12.5. The van der Waals surface area contributed by atoms with Gasteiger partial charge in [-0.15, -0.1) is 0 Å². The Morgan fingerprint density at radius 2 is 1.88 bits per heavy atom. The molecule has 7 rings (SSSR count). The molecule has 1 amide bonds. The third kappa shape index (κ3) is 6.00. The first-order valence-corrected chi connectivity index (χ1v) is 16.1. The van der Waals surface area contributed by atoms with Crippen LogP contribution in [0.3, 0.4) is 0 Å². The van der Waals surface area contributed by atoms with E-state index in [1.165, 1.54) is 10.9 Å². The number of ether oxygens (including phenoxy) is 3. The molecule has 0 radical (unpaired) electrons. The Kier molecular flexibility index (Phi) is 8.36. The van der Waals surface area contributed by atoms with Crippen LogP contribution >= 0.6 is 0 Å². The first-order chi connectivity index (χ1) is 23.3. The van der Waals surface area contributed by atoms with Gasteiger partial charge in [0.1, 0.15) is 22.9 Å². The summed E-state index contributed by atoms with van der Waals surface area (Å²) in [6.07, 6.45) is 6.04. The number of anilines is 1. The number of benzene rings is 2. The summed E-state index contributed by atoms with van der Waals surface area (Å²) in [6.45, 7) is 4.83. The average Bonchev–Trinajstić information content (AvgIpc) is 3.75. The minimum atomic E-state index is -0.546. The number of hydrogen-bond acceptors (Lipinski definition) is 9. The number of amides is 1. The van der Waals surface area contributed by atoms with Crippen molar-refractivity contribution in [2.45, 2.75) is 32.3 Å². The van der Waals surface area contributed by atoms with Crippen molar-refractivity contribution in [2.75, 3.05) is 38.7 Å². The zero-order valence-corrected chi connectivity index (χ0v) is 27.2. The van der Waals surface area contributed by atoms with Crippen molar-refractivity contribution in [3.63, 3.8) is 0 Å². The fraction of sp³-hybridized carbons (Fsp3) is 0.333. The lowest BCUT2D eigenvalue weighted by Crippen LogP contribution is -2.25. The number of pyridine rings is 2. The highest BCUT2D eigenvalue weighted by molar-refractivity contribution is 6.04. The number of nitrogens with zero attached hydrogens (tertiary/aromatic N) is 5. The summed E-state index contributed by atoms with van der Waals surface area (Å²) >= 11 is 0. The van der Waals surface area contributed by atoms with E-state index in [0.29, 0.717) is 46.5 Å². The summed E-state index contributed by atoms with van der Waals surface area (Å²) in [5.74, 6) is 1.88. The van der Waals surface area contributed by atoms with Gasteiger partial charge in [-0.1, -0.05) is 18.2 Å². The van der Waals surface area contributed by atoms with Gasteiger partial charge in [0.05, 0.1) is 42.9 Å². The molecule has 2 aromatic carbocycles. The molecule has 1 aliphatic heterocycles. The first-order valence-electron chi connectivity index (χ1n) is 16.1.